The highest BCUT2D eigenvalue weighted by atomic mass is 32.1. The maximum atomic E-state index is 12.7. The summed E-state index contributed by atoms with van der Waals surface area (Å²) >= 11 is 1.68. The zero-order chi connectivity index (χ0) is 18.6. The molecule has 0 bridgehead atoms. The number of nitrogens with zero attached hydrogens (tertiary/aromatic N) is 2. The second-order valence-electron chi connectivity index (χ2n) is 6.65. The van der Waals surface area contributed by atoms with Crippen LogP contribution in [-0.2, 0) is 11.3 Å². The number of carbonyl (C=O) groups excluding carboxylic acids is 1. The number of ether oxygens (including phenoxy) is 1. The molecule has 2 heterocycles. The third-order valence-electron chi connectivity index (χ3n) is 4.88. The molecule has 1 amide bonds. The number of likely N-dealkylation sites (N-methyl/N-ethyl adjacent to an activating group) is 1. The van der Waals surface area contributed by atoms with Gasteiger partial charge in [0.05, 0.1) is 17.8 Å². The topological polar surface area (TPSA) is 66.5 Å². The molecule has 0 atom stereocenters. The Morgan fingerprint density at radius 3 is 2.77 bits per heavy atom. The number of amides is 1. The number of likely N-dealkylation sites (tertiary alicyclic amines) is 1. The van der Waals surface area contributed by atoms with Gasteiger partial charge in [0.25, 0.3) is 0 Å². The van der Waals surface area contributed by atoms with Crippen molar-refractivity contribution in [2.45, 2.75) is 31.8 Å². The first-order valence-electron chi connectivity index (χ1n) is 8.82. The molecule has 3 rings (SSSR count). The Bertz CT molecular complexity index is 754. The second-order valence-corrected chi connectivity index (χ2v) is 7.71. The molecule has 0 aliphatic carbocycles. The highest BCUT2D eigenvalue weighted by molar-refractivity contribution is 7.09. The van der Waals surface area contributed by atoms with Crippen molar-refractivity contribution in [3.05, 3.63) is 40.3 Å². The minimum atomic E-state index is -0.602. The number of hydrogen-bond donors (Lipinski definition) is 2. The van der Waals surface area contributed by atoms with Gasteiger partial charge in [-0.05, 0) is 31.9 Å². The van der Waals surface area contributed by atoms with Crippen LogP contribution in [0, 0.1) is 6.92 Å². The van der Waals surface area contributed by atoms with E-state index in [1.54, 1.807) is 25.5 Å². The van der Waals surface area contributed by atoms with Crippen LogP contribution in [0.15, 0.2) is 29.6 Å². The van der Waals surface area contributed by atoms with E-state index in [2.05, 4.69) is 25.9 Å². The van der Waals surface area contributed by atoms with Crippen LogP contribution < -0.4 is 15.4 Å². The molecule has 1 aliphatic heterocycles. The number of methoxy groups -OCH3 is 1. The van der Waals surface area contributed by atoms with Crippen molar-refractivity contribution in [2.75, 3.05) is 32.6 Å². The van der Waals surface area contributed by atoms with E-state index < -0.39 is 5.54 Å². The predicted octanol–water partition coefficient (Wildman–Crippen LogP) is 2.65. The van der Waals surface area contributed by atoms with Gasteiger partial charge in [-0.15, -0.1) is 11.3 Å². The highest BCUT2D eigenvalue weighted by Crippen LogP contribution is 2.29. The number of rotatable bonds is 6. The SMILES string of the molecule is CNC(=O)C1(Nc2cccc(OC)c2)CCN(Cc2csc(C)n2)CC1. The number of thiazole rings is 1. The summed E-state index contributed by atoms with van der Waals surface area (Å²) in [5, 5.41) is 9.52. The molecule has 6 nitrogen and oxygen atoms in total. The normalized spacial score (nSPS) is 16.9. The molecule has 140 valence electrons. The fraction of sp³-hybridized carbons (Fsp3) is 0.474. The summed E-state index contributed by atoms with van der Waals surface area (Å²) in [6.45, 7) is 4.56. The average Bonchev–Trinajstić information content (AvgIpc) is 3.07. The molecular formula is C19H26N4O2S. The van der Waals surface area contributed by atoms with Gasteiger partial charge >= 0.3 is 0 Å². The van der Waals surface area contributed by atoms with Crippen molar-refractivity contribution >= 4 is 22.9 Å². The Morgan fingerprint density at radius 2 is 2.15 bits per heavy atom. The molecule has 2 aromatic rings. The fourth-order valence-electron chi connectivity index (χ4n) is 3.43. The van der Waals surface area contributed by atoms with E-state index in [0.717, 1.165) is 54.6 Å². The summed E-state index contributed by atoms with van der Waals surface area (Å²) in [5.41, 5.74) is 1.41. The largest absolute Gasteiger partial charge is 0.497 e. The first-order valence-corrected chi connectivity index (χ1v) is 9.70. The van der Waals surface area contributed by atoms with Gasteiger partial charge in [-0.3, -0.25) is 9.69 Å². The predicted molar refractivity (Wildman–Crippen MR) is 105 cm³/mol. The van der Waals surface area contributed by atoms with Crippen molar-refractivity contribution < 1.29 is 9.53 Å². The molecule has 26 heavy (non-hydrogen) atoms. The Hall–Kier alpha value is -2.12. The smallest absolute Gasteiger partial charge is 0.245 e. The quantitative estimate of drug-likeness (QED) is 0.814. The van der Waals surface area contributed by atoms with Crippen LogP contribution in [-0.4, -0.2) is 48.6 Å². The van der Waals surface area contributed by atoms with E-state index in [-0.39, 0.29) is 5.91 Å². The van der Waals surface area contributed by atoms with E-state index in [9.17, 15) is 4.79 Å². The van der Waals surface area contributed by atoms with E-state index in [1.807, 2.05) is 31.2 Å². The lowest BCUT2D eigenvalue weighted by Gasteiger charge is -2.41. The average molecular weight is 375 g/mol. The van der Waals surface area contributed by atoms with Crippen molar-refractivity contribution in [3.8, 4) is 5.75 Å². The Morgan fingerprint density at radius 1 is 1.38 bits per heavy atom. The maximum Gasteiger partial charge on any atom is 0.245 e. The van der Waals surface area contributed by atoms with Gasteiger partial charge in [0.15, 0.2) is 0 Å². The van der Waals surface area contributed by atoms with Crippen LogP contribution >= 0.6 is 11.3 Å². The zero-order valence-corrected chi connectivity index (χ0v) is 16.4. The molecule has 1 fully saturated rings. The standard InChI is InChI=1S/C19H26N4O2S/c1-14-21-16(13-26-14)12-23-9-7-19(8-10-23,18(24)20-2)22-15-5-4-6-17(11-15)25-3/h4-6,11,13,22H,7-10,12H2,1-3H3,(H,20,24). The number of aryl methyl sites for hydroxylation is 1. The molecule has 0 saturated carbocycles. The number of carbonyl (C=O) groups is 1. The zero-order valence-electron chi connectivity index (χ0n) is 15.5. The van der Waals surface area contributed by atoms with Gasteiger partial charge in [0.1, 0.15) is 11.3 Å². The summed E-state index contributed by atoms with van der Waals surface area (Å²) in [6, 6.07) is 7.72. The highest BCUT2D eigenvalue weighted by Gasteiger charge is 2.41. The van der Waals surface area contributed by atoms with Crippen LogP contribution in [0.2, 0.25) is 0 Å². The maximum absolute atomic E-state index is 12.7. The summed E-state index contributed by atoms with van der Waals surface area (Å²) in [5.74, 6) is 0.808. The Kier molecular flexibility index (Phi) is 5.78. The molecule has 1 aromatic carbocycles. The van der Waals surface area contributed by atoms with Crippen LogP contribution in [0.5, 0.6) is 5.75 Å². The third-order valence-corrected chi connectivity index (χ3v) is 5.70. The minimum Gasteiger partial charge on any atom is -0.497 e. The minimum absolute atomic E-state index is 0.0319. The second kappa shape index (κ2) is 8.05. The van der Waals surface area contributed by atoms with Crippen molar-refractivity contribution in [2.24, 2.45) is 0 Å². The molecule has 0 radical (unpaired) electrons. The van der Waals surface area contributed by atoms with Gasteiger partial charge in [0, 0.05) is 43.8 Å². The van der Waals surface area contributed by atoms with Gasteiger partial charge < -0.3 is 15.4 Å². The number of piperidine rings is 1. The van der Waals surface area contributed by atoms with E-state index >= 15 is 0 Å². The lowest BCUT2D eigenvalue weighted by molar-refractivity contribution is -0.126. The monoisotopic (exact) mass is 374 g/mol. The summed E-state index contributed by atoms with van der Waals surface area (Å²) in [6.07, 6.45) is 1.49. The molecular weight excluding hydrogens is 348 g/mol. The number of anilines is 1. The first kappa shape index (κ1) is 18.7. The van der Waals surface area contributed by atoms with E-state index in [4.69, 9.17) is 4.74 Å². The van der Waals surface area contributed by atoms with Crippen LogP contribution in [0.1, 0.15) is 23.5 Å². The summed E-state index contributed by atoms with van der Waals surface area (Å²) in [7, 11) is 3.34. The van der Waals surface area contributed by atoms with Crippen molar-refractivity contribution in [1.29, 1.82) is 0 Å². The van der Waals surface area contributed by atoms with E-state index in [1.165, 1.54) is 0 Å². The lowest BCUT2D eigenvalue weighted by Crippen LogP contribution is -2.57. The lowest BCUT2D eigenvalue weighted by atomic mass is 9.86. The molecule has 1 saturated heterocycles. The number of nitrogens with one attached hydrogen (secondary N) is 2. The number of hydrogen-bond acceptors (Lipinski definition) is 6. The Balaban J connectivity index is 1.70. The Labute approximate surface area is 158 Å². The molecule has 0 spiro atoms. The molecule has 1 aromatic heterocycles. The molecule has 7 heteroatoms. The van der Waals surface area contributed by atoms with Crippen molar-refractivity contribution in [3.63, 3.8) is 0 Å². The third kappa shape index (κ3) is 4.16. The van der Waals surface area contributed by atoms with Gasteiger partial charge in [0.2, 0.25) is 5.91 Å². The van der Waals surface area contributed by atoms with Crippen LogP contribution in [0.4, 0.5) is 5.69 Å². The number of benzene rings is 1. The first-order chi connectivity index (χ1) is 12.5. The van der Waals surface area contributed by atoms with Crippen molar-refractivity contribution in [1.82, 2.24) is 15.2 Å². The van der Waals surface area contributed by atoms with Crippen LogP contribution in [0.25, 0.3) is 0 Å². The van der Waals surface area contributed by atoms with Gasteiger partial charge in [-0.2, -0.15) is 0 Å². The number of aromatic nitrogens is 1. The summed E-state index contributed by atoms with van der Waals surface area (Å²) in [4.78, 5) is 19.6. The van der Waals surface area contributed by atoms with Gasteiger partial charge in [-0.25, -0.2) is 4.98 Å². The molecule has 2 N–H and O–H groups in total. The molecule has 1 aliphatic rings. The fourth-order valence-corrected chi connectivity index (χ4v) is 4.03. The van der Waals surface area contributed by atoms with Crippen LogP contribution in [0.3, 0.4) is 0 Å². The molecule has 0 unspecified atom stereocenters. The van der Waals surface area contributed by atoms with E-state index in [0.29, 0.717) is 0 Å². The summed E-state index contributed by atoms with van der Waals surface area (Å²) < 4.78 is 5.29. The van der Waals surface area contributed by atoms with Gasteiger partial charge in [-0.1, -0.05) is 6.07 Å².